The van der Waals surface area contributed by atoms with Crippen LogP contribution in [-0.4, -0.2) is 29.3 Å². The summed E-state index contributed by atoms with van der Waals surface area (Å²) in [5, 5.41) is 0. The molecule has 2 fully saturated rings. The number of ketones is 1. The summed E-state index contributed by atoms with van der Waals surface area (Å²) in [7, 11) is 0. The number of carbonyl (C=O) groups is 1. The monoisotopic (exact) mass is 329 g/mol. The van der Waals surface area contributed by atoms with Crippen LogP contribution in [0.5, 0.6) is 0 Å². The van der Waals surface area contributed by atoms with Gasteiger partial charge < -0.3 is 0 Å². The summed E-state index contributed by atoms with van der Waals surface area (Å²) in [6.07, 6.45) is 6.32. The van der Waals surface area contributed by atoms with Crippen molar-refractivity contribution in [3.63, 3.8) is 0 Å². The van der Waals surface area contributed by atoms with Gasteiger partial charge in [-0.1, -0.05) is 67.6 Å². The molecule has 4 rings (SSSR count). The third-order valence-corrected chi connectivity index (χ3v) is 5.37. The van der Waals surface area contributed by atoms with Crippen LogP contribution in [0.25, 0.3) is 12.2 Å². The molecule has 0 spiro atoms. The molecule has 2 atom stereocenters. The zero-order valence-corrected chi connectivity index (χ0v) is 14.6. The van der Waals surface area contributed by atoms with E-state index in [0.29, 0.717) is 0 Å². The standard InChI is InChI=1S/C23H23NO/c1-2-24-21-13-14-22(24)20(16-18-11-7-4-8-12-18)23(25)19(21)15-17-9-5-3-6-10-17/h3-12,15-16,21-22H,2,13-14H2,1H3/b19-15+,20-16+. The second-order valence-electron chi connectivity index (χ2n) is 6.79. The molecule has 0 aromatic heterocycles. The van der Waals surface area contributed by atoms with E-state index in [-0.39, 0.29) is 17.9 Å². The Labute approximate surface area is 149 Å². The first-order chi connectivity index (χ1) is 12.3. The number of piperidine rings is 1. The van der Waals surface area contributed by atoms with Gasteiger partial charge in [0.2, 0.25) is 0 Å². The summed E-state index contributed by atoms with van der Waals surface area (Å²) in [4.78, 5) is 15.8. The molecule has 2 aromatic carbocycles. The van der Waals surface area contributed by atoms with Crippen LogP contribution in [-0.2, 0) is 4.79 Å². The fraction of sp³-hybridized carbons (Fsp3) is 0.261. The van der Waals surface area contributed by atoms with Gasteiger partial charge >= 0.3 is 0 Å². The normalized spacial score (nSPS) is 26.5. The SMILES string of the molecule is CCN1C2CCC1/C(=C\c1ccccc1)C(=O)/C2=C/c1ccccc1. The number of rotatable bonds is 3. The van der Waals surface area contributed by atoms with E-state index in [1.165, 1.54) is 0 Å². The van der Waals surface area contributed by atoms with E-state index in [0.717, 1.165) is 41.7 Å². The maximum absolute atomic E-state index is 13.3. The average Bonchev–Trinajstić information content (AvgIpc) is 3.03. The van der Waals surface area contributed by atoms with E-state index >= 15 is 0 Å². The third kappa shape index (κ3) is 2.98. The Balaban J connectivity index is 1.79. The zero-order chi connectivity index (χ0) is 17.2. The minimum absolute atomic E-state index is 0.227. The van der Waals surface area contributed by atoms with Crippen molar-refractivity contribution in [2.45, 2.75) is 31.8 Å². The lowest BCUT2D eigenvalue weighted by molar-refractivity contribution is -0.114. The van der Waals surface area contributed by atoms with Crippen molar-refractivity contribution in [3.8, 4) is 0 Å². The van der Waals surface area contributed by atoms with E-state index < -0.39 is 0 Å². The van der Waals surface area contributed by atoms with Crippen molar-refractivity contribution in [2.24, 2.45) is 0 Å². The second-order valence-corrected chi connectivity index (χ2v) is 6.79. The van der Waals surface area contributed by atoms with Crippen molar-refractivity contribution in [1.29, 1.82) is 0 Å². The van der Waals surface area contributed by atoms with Gasteiger partial charge in [-0.15, -0.1) is 0 Å². The maximum atomic E-state index is 13.3. The summed E-state index contributed by atoms with van der Waals surface area (Å²) in [5.74, 6) is 0.227. The van der Waals surface area contributed by atoms with Crippen molar-refractivity contribution in [2.75, 3.05) is 6.54 Å². The molecule has 2 heterocycles. The summed E-state index contributed by atoms with van der Waals surface area (Å²) < 4.78 is 0. The first-order valence-electron chi connectivity index (χ1n) is 9.11. The highest BCUT2D eigenvalue weighted by molar-refractivity contribution is 6.16. The number of hydrogen-bond acceptors (Lipinski definition) is 2. The molecule has 2 saturated heterocycles. The highest BCUT2D eigenvalue weighted by Gasteiger charge is 2.45. The molecule has 0 aliphatic carbocycles. The largest absolute Gasteiger partial charge is 0.289 e. The lowest BCUT2D eigenvalue weighted by Crippen LogP contribution is -2.46. The van der Waals surface area contributed by atoms with E-state index in [4.69, 9.17) is 0 Å². The summed E-state index contributed by atoms with van der Waals surface area (Å²) in [6, 6.07) is 20.9. The first kappa shape index (κ1) is 16.0. The summed E-state index contributed by atoms with van der Waals surface area (Å²) in [6.45, 7) is 3.17. The molecule has 0 amide bonds. The molecule has 0 radical (unpaired) electrons. The number of benzene rings is 2. The second kappa shape index (κ2) is 6.81. The number of likely N-dealkylation sites (N-methyl/N-ethyl adjacent to an activating group) is 1. The average molecular weight is 329 g/mol. The number of carbonyl (C=O) groups excluding carboxylic acids is 1. The minimum atomic E-state index is 0.227. The Bertz CT molecular complexity index is 752. The fourth-order valence-corrected chi connectivity index (χ4v) is 4.22. The number of fused-ring (bicyclic) bond motifs is 2. The number of Topliss-reactive ketones (excluding diaryl/α,β-unsaturated/α-hetero) is 1. The zero-order valence-electron chi connectivity index (χ0n) is 14.6. The lowest BCUT2D eigenvalue weighted by Gasteiger charge is -2.36. The predicted molar refractivity (Wildman–Crippen MR) is 103 cm³/mol. The maximum Gasteiger partial charge on any atom is 0.188 e. The Kier molecular flexibility index (Phi) is 4.37. The Morgan fingerprint density at radius 2 is 1.28 bits per heavy atom. The molecule has 0 N–H and O–H groups in total. The lowest BCUT2D eigenvalue weighted by atomic mass is 9.88. The van der Waals surface area contributed by atoms with Crippen LogP contribution in [0.3, 0.4) is 0 Å². The van der Waals surface area contributed by atoms with Gasteiger partial charge in [0.05, 0.1) is 0 Å². The molecule has 2 bridgehead atoms. The predicted octanol–water partition coefficient (Wildman–Crippen LogP) is 4.59. The minimum Gasteiger partial charge on any atom is -0.289 e. The highest BCUT2D eigenvalue weighted by atomic mass is 16.1. The van der Waals surface area contributed by atoms with Crippen LogP contribution in [0.15, 0.2) is 71.8 Å². The molecular formula is C23H23NO. The molecule has 2 nitrogen and oxygen atoms in total. The van der Waals surface area contributed by atoms with E-state index in [9.17, 15) is 4.79 Å². The molecular weight excluding hydrogens is 306 g/mol. The van der Waals surface area contributed by atoms with Gasteiger partial charge in [0, 0.05) is 23.2 Å². The van der Waals surface area contributed by atoms with Crippen molar-refractivity contribution in [3.05, 3.63) is 82.9 Å². The van der Waals surface area contributed by atoms with Gasteiger partial charge in [0.1, 0.15) is 0 Å². The van der Waals surface area contributed by atoms with Crippen LogP contribution in [0.4, 0.5) is 0 Å². The molecule has 2 unspecified atom stereocenters. The van der Waals surface area contributed by atoms with Crippen LogP contribution >= 0.6 is 0 Å². The quantitative estimate of drug-likeness (QED) is 0.768. The Morgan fingerprint density at radius 1 is 0.840 bits per heavy atom. The van der Waals surface area contributed by atoms with E-state index in [1.807, 2.05) is 36.4 Å². The van der Waals surface area contributed by atoms with Crippen molar-refractivity contribution < 1.29 is 4.79 Å². The first-order valence-corrected chi connectivity index (χ1v) is 9.11. The molecule has 0 saturated carbocycles. The summed E-state index contributed by atoms with van der Waals surface area (Å²) in [5.41, 5.74) is 4.10. The van der Waals surface area contributed by atoms with Gasteiger partial charge in [-0.25, -0.2) is 0 Å². The van der Waals surface area contributed by atoms with E-state index in [1.54, 1.807) is 0 Å². The van der Waals surface area contributed by atoms with E-state index in [2.05, 4.69) is 48.2 Å². The Hall–Kier alpha value is -2.45. The molecule has 25 heavy (non-hydrogen) atoms. The molecule has 2 heteroatoms. The van der Waals surface area contributed by atoms with Crippen molar-refractivity contribution >= 4 is 17.9 Å². The smallest absolute Gasteiger partial charge is 0.188 e. The van der Waals surface area contributed by atoms with Gasteiger partial charge in [-0.2, -0.15) is 0 Å². The van der Waals surface area contributed by atoms with Crippen LogP contribution in [0.1, 0.15) is 30.9 Å². The van der Waals surface area contributed by atoms with Crippen LogP contribution < -0.4 is 0 Å². The third-order valence-electron chi connectivity index (χ3n) is 5.37. The van der Waals surface area contributed by atoms with Gasteiger partial charge in [-0.3, -0.25) is 9.69 Å². The van der Waals surface area contributed by atoms with Crippen LogP contribution in [0.2, 0.25) is 0 Å². The fourth-order valence-electron chi connectivity index (χ4n) is 4.22. The highest BCUT2D eigenvalue weighted by Crippen LogP contribution is 2.41. The van der Waals surface area contributed by atoms with Crippen molar-refractivity contribution in [1.82, 2.24) is 4.90 Å². The van der Waals surface area contributed by atoms with Crippen LogP contribution in [0, 0.1) is 0 Å². The Morgan fingerprint density at radius 3 is 1.68 bits per heavy atom. The van der Waals surface area contributed by atoms with Gasteiger partial charge in [0.15, 0.2) is 5.78 Å². The topological polar surface area (TPSA) is 20.3 Å². The van der Waals surface area contributed by atoms with Gasteiger partial charge in [0.25, 0.3) is 0 Å². The number of hydrogen-bond donors (Lipinski definition) is 0. The van der Waals surface area contributed by atoms with Gasteiger partial charge in [-0.05, 0) is 42.7 Å². The summed E-state index contributed by atoms with van der Waals surface area (Å²) >= 11 is 0. The molecule has 126 valence electrons. The molecule has 2 aliphatic heterocycles. The molecule has 2 aliphatic rings. The number of nitrogens with zero attached hydrogens (tertiary/aromatic N) is 1. The molecule has 2 aromatic rings.